The predicted octanol–water partition coefficient (Wildman–Crippen LogP) is 3.44. The fourth-order valence-corrected chi connectivity index (χ4v) is 3.62. The SMILES string of the molecule is Cc1ocnc1C(=O)N1CCCC[C@H]1c1ccc2c(NC(C)C)n[nH]c2n1. The number of fused-ring (bicyclic) bond motifs is 1. The van der Waals surface area contributed by atoms with Crippen molar-refractivity contribution in [1.82, 2.24) is 25.1 Å². The first-order valence-corrected chi connectivity index (χ1v) is 9.37. The number of amides is 1. The van der Waals surface area contributed by atoms with Gasteiger partial charge >= 0.3 is 0 Å². The van der Waals surface area contributed by atoms with E-state index in [9.17, 15) is 4.79 Å². The number of likely N-dealkylation sites (tertiary alicyclic amines) is 1. The molecular weight excluding hydrogens is 344 g/mol. The lowest BCUT2D eigenvalue weighted by molar-refractivity contribution is 0.0599. The van der Waals surface area contributed by atoms with E-state index in [2.05, 4.69) is 34.3 Å². The Morgan fingerprint density at radius 2 is 2.22 bits per heavy atom. The number of hydrogen-bond donors (Lipinski definition) is 2. The molecule has 142 valence electrons. The van der Waals surface area contributed by atoms with Crippen molar-refractivity contribution in [2.75, 3.05) is 11.9 Å². The average Bonchev–Trinajstić information content (AvgIpc) is 3.26. The second-order valence-corrected chi connectivity index (χ2v) is 7.27. The summed E-state index contributed by atoms with van der Waals surface area (Å²) in [4.78, 5) is 23.7. The fourth-order valence-electron chi connectivity index (χ4n) is 3.62. The van der Waals surface area contributed by atoms with Crippen LogP contribution in [0.25, 0.3) is 11.0 Å². The van der Waals surface area contributed by atoms with Gasteiger partial charge in [0.1, 0.15) is 5.76 Å². The molecule has 0 saturated carbocycles. The number of aryl methyl sites for hydroxylation is 1. The summed E-state index contributed by atoms with van der Waals surface area (Å²) < 4.78 is 5.21. The molecule has 1 aliphatic rings. The number of oxazole rings is 1. The number of carbonyl (C=O) groups excluding carboxylic acids is 1. The van der Waals surface area contributed by atoms with Gasteiger partial charge in [0.25, 0.3) is 5.91 Å². The van der Waals surface area contributed by atoms with Crippen molar-refractivity contribution in [1.29, 1.82) is 0 Å². The summed E-state index contributed by atoms with van der Waals surface area (Å²) in [6.07, 6.45) is 4.25. The Bertz CT molecular complexity index is 960. The normalized spacial score (nSPS) is 17.6. The van der Waals surface area contributed by atoms with Crippen molar-refractivity contribution in [3.63, 3.8) is 0 Å². The van der Waals surface area contributed by atoms with Gasteiger partial charge in [-0.2, -0.15) is 5.10 Å². The summed E-state index contributed by atoms with van der Waals surface area (Å²) in [5.41, 5.74) is 1.98. The summed E-state index contributed by atoms with van der Waals surface area (Å²) in [5.74, 6) is 1.25. The highest BCUT2D eigenvalue weighted by atomic mass is 16.3. The number of piperidine rings is 1. The third-order valence-electron chi connectivity index (χ3n) is 4.92. The molecule has 1 fully saturated rings. The number of anilines is 1. The van der Waals surface area contributed by atoms with E-state index in [-0.39, 0.29) is 18.0 Å². The average molecular weight is 368 g/mol. The van der Waals surface area contributed by atoms with Crippen LogP contribution < -0.4 is 5.32 Å². The van der Waals surface area contributed by atoms with E-state index in [4.69, 9.17) is 9.40 Å². The molecule has 1 saturated heterocycles. The number of rotatable bonds is 4. The second kappa shape index (κ2) is 7.02. The summed E-state index contributed by atoms with van der Waals surface area (Å²) in [5, 5.41) is 11.6. The lowest BCUT2D eigenvalue weighted by Crippen LogP contribution is -2.39. The first-order chi connectivity index (χ1) is 13.0. The summed E-state index contributed by atoms with van der Waals surface area (Å²) in [6, 6.07) is 4.23. The van der Waals surface area contributed by atoms with E-state index in [1.54, 1.807) is 6.92 Å². The molecule has 27 heavy (non-hydrogen) atoms. The number of nitrogens with zero attached hydrogens (tertiary/aromatic N) is 4. The molecule has 4 rings (SSSR count). The smallest absolute Gasteiger partial charge is 0.276 e. The van der Waals surface area contributed by atoms with Gasteiger partial charge in [-0.05, 0) is 52.2 Å². The minimum atomic E-state index is -0.0976. The molecule has 8 nitrogen and oxygen atoms in total. The van der Waals surface area contributed by atoms with Gasteiger partial charge in [-0.1, -0.05) is 0 Å². The quantitative estimate of drug-likeness (QED) is 0.732. The monoisotopic (exact) mass is 368 g/mol. The summed E-state index contributed by atoms with van der Waals surface area (Å²) in [7, 11) is 0. The van der Waals surface area contributed by atoms with Crippen LogP contribution in [0.4, 0.5) is 5.82 Å². The molecule has 8 heteroatoms. The van der Waals surface area contributed by atoms with Crippen molar-refractivity contribution in [2.24, 2.45) is 0 Å². The van der Waals surface area contributed by atoms with Crippen LogP contribution in [0.3, 0.4) is 0 Å². The lowest BCUT2D eigenvalue weighted by atomic mass is 9.98. The van der Waals surface area contributed by atoms with Gasteiger partial charge in [0, 0.05) is 12.6 Å². The van der Waals surface area contributed by atoms with E-state index >= 15 is 0 Å². The van der Waals surface area contributed by atoms with Crippen LogP contribution in [0.15, 0.2) is 22.9 Å². The van der Waals surface area contributed by atoms with Crippen LogP contribution in [-0.4, -0.2) is 43.6 Å². The van der Waals surface area contributed by atoms with E-state index in [1.165, 1.54) is 6.39 Å². The molecule has 4 heterocycles. The van der Waals surface area contributed by atoms with Crippen LogP contribution in [-0.2, 0) is 0 Å². The van der Waals surface area contributed by atoms with E-state index in [1.807, 2.05) is 17.0 Å². The predicted molar refractivity (Wildman–Crippen MR) is 102 cm³/mol. The molecule has 0 radical (unpaired) electrons. The van der Waals surface area contributed by atoms with Crippen molar-refractivity contribution < 1.29 is 9.21 Å². The Balaban J connectivity index is 1.65. The zero-order chi connectivity index (χ0) is 19.0. The molecule has 1 atom stereocenters. The maximum Gasteiger partial charge on any atom is 0.276 e. The Morgan fingerprint density at radius 3 is 2.96 bits per heavy atom. The molecule has 1 amide bonds. The third kappa shape index (κ3) is 3.27. The molecule has 0 unspecified atom stereocenters. The van der Waals surface area contributed by atoms with Crippen molar-refractivity contribution in [3.8, 4) is 0 Å². The highest BCUT2D eigenvalue weighted by molar-refractivity contribution is 5.93. The van der Waals surface area contributed by atoms with Crippen LogP contribution in [0.1, 0.15) is 61.1 Å². The Hall–Kier alpha value is -2.90. The largest absolute Gasteiger partial charge is 0.448 e. The van der Waals surface area contributed by atoms with E-state index < -0.39 is 0 Å². The van der Waals surface area contributed by atoms with Crippen LogP contribution >= 0.6 is 0 Å². The van der Waals surface area contributed by atoms with Crippen LogP contribution in [0.2, 0.25) is 0 Å². The molecular formula is C19H24N6O2. The van der Waals surface area contributed by atoms with Gasteiger partial charge in [0.05, 0.1) is 17.1 Å². The molecule has 1 aliphatic heterocycles. The standard InChI is InChI=1S/C19H24N6O2/c1-11(2)21-17-13-7-8-14(22-18(13)24-23-17)15-6-4-5-9-25(15)19(26)16-12(3)27-10-20-16/h7-8,10-11,15H,4-6,9H2,1-3H3,(H2,21,22,23,24)/t15-/m0/s1. The van der Waals surface area contributed by atoms with Gasteiger partial charge in [-0.3, -0.25) is 9.89 Å². The van der Waals surface area contributed by atoms with Crippen molar-refractivity contribution in [2.45, 2.75) is 52.1 Å². The van der Waals surface area contributed by atoms with Crippen LogP contribution in [0, 0.1) is 6.92 Å². The Labute approximate surface area is 157 Å². The van der Waals surface area contributed by atoms with E-state index in [0.29, 0.717) is 18.0 Å². The molecule has 0 bridgehead atoms. The second-order valence-electron chi connectivity index (χ2n) is 7.27. The van der Waals surface area contributed by atoms with Crippen LogP contribution in [0.5, 0.6) is 0 Å². The highest BCUT2D eigenvalue weighted by Crippen LogP contribution is 2.33. The van der Waals surface area contributed by atoms with Gasteiger partial charge in [-0.15, -0.1) is 0 Å². The number of pyridine rings is 1. The first-order valence-electron chi connectivity index (χ1n) is 9.37. The van der Waals surface area contributed by atoms with Crippen molar-refractivity contribution >= 4 is 22.8 Å². The third-order valence-corrected chi connectivity index (χ3v) is 4.92. The minimum absolute atomic E-state index is 0.0726. The number of aromatic nitrogens is 4. The van der Waals surface area contributed by atoms with Gasteiger partial charge in [-0.25, -0.2) is 9.97 Å². The van der Waals surface area contributed by atoms with Crippen molar-refractivity contribution in [3.05, 3.63) is 35.7 Å². The summed E-state index contributed by atoms with van der Waals surface area (Å²) >= 11 is 0. The molecule has 3 aromatic rings. The Morgan fingerprint density at radius 1 is 1.37 bits per heavy atom. The fraction of sp³-hybridized carbons (Fsp3) is 0.474. The number of H-pyrrole nitrogens is 1. The lowest BCUT2D eigenvalue weighted by Gasteiger charge is -2.35. The number of nitrogens with one attached hydrogen (secondary N) is 2. The molecule has 0 spiro atoms. The molecule has 0 aliphatic carbocycles. The first kappa shape index (κ1) is 17.5. The number of hydrogen-bond acceptors (Lipinski definition) is 6. The molecule has 2 N–H and O–H groups in total. The maximum atomic E-state index is 13.0. The minimum Gasteiger partial charge on any atom is -0.448 e. The number of carbonyl (C=O) groups is 1. The summed E-state index contributed by atoms with van der Waals surface area (Å²) in [6.45, 7) is 6.59. The van der Waals surface area contributed by atoms with E-state index in [0.717, 1.165) is 41.8 Å². The highest BCUT2D eigenvalue weighted by Gasteiger charge is 2.32. The zero-order valence-electron chi connectivity index (χ0n) is 15.8. The van der Waals surface area contributed by atoms with Gasteiger partial charge in [0.15, 0.2) is 23.6 Å². The van der Waals surface area contributed by atoms with Gasteiger partial charge in [0.2, 0.25) is 0 Å². The van der Waals surface area contributed by atoms with Gasteiger partial charge < -0.3 is 14.6 Å². The molecule has 3 aromatic heterocycles. The topological polar surface area (TPSA) is 99.9 Å². The maximum absolute atomic E-state index is 13.0. The molecule has 0 aromatic carbocycles. The number of aromatic amines is 1. The Kier molecular flexibility index (Phi) is 4.55. The zero-order valence-corrected chi connectivity index (χ0v) is 15.8.